The maximum Gasteiger partial charge on any atom is 0.278 e. The van der Waals surface area contributed by atoms with Crippen molar-refractivity contribution in [1.82, 2.24) is 34.3 Å². The third-order valence-electron chi connectivity index (χ3n) is 3.71. The van der Waals surface area contributed by atoms with Crippen molar-refractivity contribution < 1.29 is 4.79 Å². The molecule has 1 aromatic carbocycles. The van der Waals surface area contributed by atoms with Crippen LogP contribution in [0, 0.1) is 0 Å². The van der Waals surface area contributed by atoms with E-state index in [0.29, 0.717) is 13.2 Å². The molecule has 0 aliphatic heterocycles. The molecule has 0 aliphatic carbocycles. The number of halogens is 1. The largest absolute Gasteiger partial charge is 0.288 e. The first-order valence-electron chi connectivity index (χ1n) is 8.12. The minimum Gasteiger partial charge on any atom is -0.288 e. The number of anilines is 1. The van der Waals surface area contributed by atoms with Gasteiger partial charge < -0.3 is 0 Å². The maximum atomic E-state index is 12.3. The van der Waals surface area contributed by atoms with E-state index in [-0.39, 0.29) is 17.5 Å². The molecular weight excluding hydrogens is 412 g/mol. The molecule has 3 aromatic heterocycles. The SMILES string of the molecule is O=C(Nc1ncn(Cc2ccccc2)n1)c1ccn(Cn2cc(Br)cn2)n1. The minimum absolute atomic E-state index is 0.237. The van der Waals surface area contributed by atoms with Crippen LogP contribution in [0.2, 0.25) is 0 Å². The zero-order valence-electron chi connectivity index (χ0n) is 14.1. The Morgan fingerprint density at radius 3 is 2.70 bits per heavy atom. The number of hydrogen-bond acceptors (Lipinski definition) is 5. The quantitative estimate of drug-likeness (QED) is 0.509. The number of hydrogen-bond donors (Lipinski definition) is 1. The first kappa shape index (κ1) is 17.2. The minimum atomic E-state index is -0.368. The summed E-state index contributed by atoms with van der Waals surface area (Å²) in [7, 11) is 0. The summed E-state index contributed by atoms with van der Waals surface area (Å²) in [4.78, 5) is 16.5. The van der Waals surface area contributed by atoms with E-state index in [1.54, 1.807) is 38.8 Å². The summed E-state index contributed by atoms with van der Waals surface area (Å²) in [6, 6.07) is 11.5. The summed E-state index contributed by atoms with van der Waals surface area (Å²) in [6.45, 7) is 0.987. The summed E-state index contributed by atoms with van der Waals surface area (Å²) in [5.41, 5.74) is 1.38. The Morgan fingerprint density at radius 2 is 1.93 bits per heavy atom. The molecule has 0 spiro atoms. The van der Waals surface area contributed by atoms with Crippen molar-refractivity contribution in [3.05, 3.63) is 77.0 Å². The van der Waals surface area contributed by atoms with E-state index in [9.17, 15) is 4.79 Å². The van der Waals surface area contributed by atoms with Gasteiger partial charge in [0.2, 0.25) is 5.95 Å². The highest BCUT2D eigenvalue weighted by Gasteiger charge is 2.12. The van der Waals surface area contributed by atoms with Gasteiger partial charge in [-0.15, -0.1) is 5.10 Å². The lowest BCUT2D eigenvalue weighted by molar-refractivity contribution is 0.102. The lowest BCUT2D eigenvalue weighted by atomic mass is 10.2. The van der Waals surface area contributed by atoms with Crippen molar-refractivity contribution in [3.63, 3.8) is 0 Å². The zero-order valence-corrected chi connectivity index (χ0v) is 15.7. The first-order chi connectivity index (χ1) is 13.2. The van der Waals surface area contributed by atoms with Crippen molar-refractivity contribution in [1.29, 1.82) is 0 Å². The number of carbonyl (C=O) groups excluding carboxylic acids is 1. The van der Waals surface area contributed by atoms with Crippen LogP contribution in [-0.4, -0.2) is 40.2 Å². The standard InChI is InChI=1S/C17H15BrN8O/c18-14-8-20-26(10-14)12-24-7-6-15(22-24)16(27)21-17-19-11-25(23-17)9-13-4-2-1-3-5-13/h1-8,10-11H,9,12H2,(H,21,23,27). The second-order valence-corrected chi connectivity index (χ2v) is 6.70. The van der Waals surface area contributed by atoms with Crippen LogP contribution in [0.15, 0.2) is 65.8 Å². The van der Waals surface area contributed by atoms with Gasteiger partial charge in [-0.2, -0.15) is 10.2 Å². The molecule has 1 N–H and O–H groups in total. The van der Waals surface area contributed by atoms with Crippen LogP contribution >= 0.6 is 15.9 Å². The maximum absolute atomic E-state index is 12.3. The highest BCUT2D eigenvalue weighted by molar-refractivity contribution is 9.10. The van der Waals surface area contributed by atoms with E-state index >= 15 is 0 Å². The molecule has 1 amide bonds. The van der Waals surface area contributed by atoms with Crippen LogP contribution in [-0.2, 0) is 13.2 Å². The number of benzene rings is 1. The highest BCUT2D eigenvalue weighted by Crippen LogP contribution is 2.08. The summed E-state index contributed by atoms with van der Waals surface area (Å²) < 4.78 is 5.87. The first-order valence-corrected chi connectivity index (χ1v) is 8.91. The van der Waals surface area contributed by atoms with Crippen LogP contribution in [0.5, 0.6) is 0 Å². The molecule has 0 fully saturated rings. The lowest BCUT2D eigenvalue weighted by Gasteiger charge is -2.01. The summed E-state index contributed by atoms with van der Waals surface area (Å²) >= 11 is 3.34. The van der Waals surface area contributed by atoms with E-state index in [1.165, 1.54) is 0 Å². The Hall–Kier alpha value is -3.27. The van der Waals surface area contributed by atoms with Gasteiger partial charge in [0, 0.05) is 12.4 Å². The molecule has 0 atom stereocenters. The van der Waals surface area contributed by atoms with Gasteiger partial charge in [0.05, 0.1) is 17.2 Å². The Bertz CT molecular complexity index is 1050. The third kappa shape index (κ3) is 4.29. The van der Waals surface area contributed by atoms with E-state index in [0.717, 1.165) is 10.0 Å². The number of aromatic nitrogens is 7. The van der Waals surface area contributed by atoms with Crippen molar-refractivity contribution >= 4 is 27.8 Å². The van der Waals surface area contributed by atoms with Gasteiger partial charge in [-0.3, -0.25) is 14.8 Å². The van der Waals surface area contributed by atoms with Gasteiger partial charge in [-0.1, -0.05) is 30.3 Å². The molecule has 4 aromatic rings. The fourth-order valence-electron chi connectivity index (χ4n) is 2.49. The fourth-order valence-corrected chi connectivity index (χ4v) is 2.82. The molecule has 0 unspecified atom stereocenters. The molecule has 0 bridgehead atoms. The average molecular weight is 427 g/mol. The number of rotatable bonds is 6. The van der Waals surface area contributed by atoms with Crippen molar-refractivity contribution in [2.75, 3.05) is 5.32 Å². The van der Waals surface area contributed by atoms with E-state index in [1.807, 2.05) is 36.5 Å². The average Bonchev–Trinajstić information content (AvgIpc) is 3.39. The summed E-state index contributed by atoms with van der Waals surface area (Å²) in [5.74, 6) is -0.130. The molecule has 0 saturated heterocycles. The highest BCUT2D eigenvalue weighted by atomic mass is 79.9. The van der Waals surface area contributed by atoms with Gasteiger partial charge in [-0.25, -0.2) is 14.3 Å². The van der Waals surface area contributed by atoms with Crippen LogP contribution in [0.25, 0.3) is 0 Å². The van der Waals surface area contributed by atoms with Gasteiger partial charge in [-0.05, 0) is 27.6 Å². The van der Waals surface area contributed by atoms with Gasteiger partial charge in [0.1, 0.15) is 13.0 Å². The van der Waals surface area contributed by atoms with Gasteiger partial charge in [0.25, 0.3) is 5.91 Å². The molecule has 9 nitrogen and oxygen atoms in total. The molecule has 136 valence electrons. The second-order valence-electron chi connectivity index (χ2n) is 5.79. The topological polar surface area (TPSA) is 95.5 Å². The Balaban J connectivity index is 1.38. The molecule has 0 radical (unpaired) electrons. The monoisotopic (exact) mass is 426 g/mol. The van der Waals surface area contributed by atoms with Crippen LogP contribution in [0.1, 0.15) is 16.1 Å². The van der Waals surface area contributed by atoms with Crippen molar-refractivity contribution in [2.45, 2.75) is 13.2 Å². The van der Waals surface area contributed by atoms with E-state index < -0.39 is 0 Å². The molecular formula is C17H15BrN8O. The van der Waals surface area contributed by atoms with Gasteiger partial charge in [0.15, 0.2) is 5.69 Å². The molecule has 0 saturated carbocycles. The van der Waals surface area contributed by atoms with Crippen LogP contribution < -0.4 is 5.32 Å². The lowest BCUT2D eigenvalue weighted by Crippen LogP contribution is -2.16. The van der Waals surface area contributed by atoms with Gasteiger partial charge >= 0.3 is 0 Å². The van der Waals surface area contributed by atoms with Crippen LogP contribution in [0.4, 0.5) is 5.95 Å². The zero-order chi connectivity index (χ0) is 18.6. The molecule has 0 aliphatic rings. The molecule has 27 heavy (non-hydrogen) atoms. The van der Waals surface area contributed by atoms with E-state index in [4.69, 9.17) is 0 Å². The fraction of sp³-hybridized carbons (Fsp3) is 0.118. The number of nitrogens with one attached hydrogen (secondary N) is 1. The molecule has 4 rings (SSSR count). The van der Waals surface area contributed by atoms with Crippen molar-refractivity contribution in [3.8, 4) is 0 Å². The number of carbonyl (C=O) groups is 1. The Morgan fingerprint density at radius 1 is 1.07 bits per heavy atom. The normalized spacial score (nSPS) is 10.9. The smallest absolute Gasteiger partial charge is 0.278 e. The number of amides is 1. The Kier molecular flexibility index (Phi) is 4.79. The predicted molar refractivity (Wildman–Crippen MR) is 101 cm³/mol. The van der Waals surface area contributed by atoms with E-state index in [2.05, 4.69) is 41.5 Å². The predicted octanol–water partition coefficient (Wildman–Crippen LogP) is 2.24. The van der Waals surface area contributed by atoms with Crippen molar-refractivity contribution in [2.24, 2.45) is 0 Å². The summed E-state index contributed by atoms with van der Waals surface area (Å²) in [5, 5.41) is 15.3. The molecule has 3 heterocycles. The number of nitrogens with zero attached hydrogens (tertiary/aromatic N) is 7. The van der Waals surface area contributed by atoms with Crippen LogP contribution in [0.3, 0.4) is 0 Å². The second kappa shape index (κ2) is 7.54. The Labute approximate surface area is 162 Å². The summed E-state index contributed by atoms with van der Waals surface area (Å²) in [6.07, 6.45) is 6.81. The molecule has 10 heteroatoms. The third-order valence-corrected chi connectivity index (χ3v) is 4.12.